The van der Waals surface area contributed by atoms with E-state index in [9.17, 15) is 0 Å². The van der Waals surface area contributed by atoms with Crippen LogP contribution in [0.15, 0.2) is 0 Å². The number of hydrogen-bond acceptors (Lipinski definition) is 1. The van der Waals surface area contributed by atoms with E-state index in [-0.39, 0.29) is 0 Å². The highest BCUT2D eigenvalue weighted by Gasteiger charge is 2.37. The Hall–Kier alpha value is -0.0400. The van der Waals surface area contributed by atoms with Crippen LogP contribution in [0.3, 0.4) is 0 Å². The Balaban J connectivity index is 1.94. The van der Waals surface area contributed by atoms with Crippen molar-refractivity contribution >= 4 is 0 Å². The molecule has 0 amide bonds. The molecule has 2 fully saturated rings. The lowest BCUT2D eigenvalue weighted by Crippen LogP contribution is -2.36. The highest BCUT2D eigenvalue weighted by molar-refractivity contribution is 4.91. The van der Waals surface area contributed by atoms with Crippen LogP contribution in [0, 0.1) is 11.8 Å². The summed E-state index contributed by atoms with van der Waals surface area (Å²) in [5.74, 6) is 2.11. The lowest BCUT2D eigenvalue weighted by atomic mass is 9.77. The lowest BCUT2D eigenvalue weighted by Gasteiger charge is -2.35. The number of nitrogens with zero attached hydrogens (tertiary/aromatic N) is 1. The minimum absolute atomic E-state index is 0.966. The fourth-order valence-corrected chi connectivity index (χ4v) is 3.40. The Labute approximate surface area is 82.5 Å². The molecular weight excluding hydrogens is 158 g/mol. The maximum absolute atomic E-state index is 2.70. The molecule has 1 heteroatoms. The molecule has 0 aromatic carbocycles. The molecule has 1 heterocycles. The average molecular weight is 181 g/mol. The van der Waals surface area contributed by atoms with Crippen LogP contribution in [0.5, 0.6) is 0 Å². The van der Waals surface area contributed by atoms with Crippen LogP contribution < -0.4 is 0 Å². The van der Waals surface area contributed by atoms with E-state index in [1.165, 1.54) is 45.2 Å². The number of fused-ring (bicyclic) bond motifs is 1. The fraction of sp³-hybridized carbons (Fsp3) is 1.00. The molecular formula is C12H23N. The van der Waals surface area contributed by atoms with Gasteiger partial charge in [-0.1, -0.05) is 20.3 Å². The molecule has 3 unspecified atom stereocenters. The summed E-state index contributed by atoms with van der Waals surface area (Å²) in [7, 11) is 0. The molecule has 0 aromatic heterocycles. The monoisotopic (exact) mass is 181 g/mol. The van der Waals surface area contributed by atoms with E-state index in [1.807, 2.05) is 0 Å². The molecule has 76 valence electrons. The van der Waals surface area contributed by atoms with Gasteiger partial charge in [0.25, 0.3) is 0 Å². The molecule has 0 spiro atoms. The van der Waals surface area contributed by atoms with Gasteiger partial charge >= 0.3 is 0 Å². The van der Waals surface area contributed by atoms with Crippen LogP contribution in [0.2, 0.25) is 0 Å². The molecule has 1 aliphatic carbocycles. The van der Waals surface area contributed by atoms with Gasteiger partial charge in [0.2, 0.25) is 0 Å². The standard InChI is InChI=1S/C12H23N/c1-3-10-5-6-12-11(9-10)7-8-13(12)4-2/h10-12H,3-9H2,1-2H3. The second-order valence-corrected chi connectivity index (χ2v) is 4.83. The molecule has 0 N–H and O–H groups in total. The van der Waals surface area contributed by atoms with Gasteiger partial charge in [-0.2, -0.15) is 0 Å². The van der Waals surface area contributed by atoms with Gasteiger partial charge in [-0.05, 0) is 50.6 Å². The van der Waals surface area contributed by atoms with Crippen molar-refractivity contribution in [3.8, 4) is 0 Å². The van der Waals surface area contributed by atoms with Crippen LogP contribution in [0.1, 0.15) is 46.0 Å². The molecule has 3 atom stereocenters. The maximum atomic E-state index is 2.70. The Kier molecular flexibility index (Phi) is 2.92. The van der Waals surface area contributed by atoms with Crippen molar-refractivity contribution in [2.24, 2.45) is 11.8 Å². The molecule has 13 heavy (non-hydrogen) atoms. The summed E-state index contributed by atoms with van der Waals surface area (Å²) in [6.45, 7) is 7.33. The van der Waals surface area contributed by atoms with Crippen molar-refractivity contribution < 1.29 is 0 Å². The van der Waals surface area contributed by atoms with E-state index in [0.717, 1.165) is 17.9 Å². The normalized spacial score (nSPS) is 40.6. The molecule has 0 aromatic rings. The van der Waals surface area contributed by atoms with Gasteiger partial charge in [0.15, 0.2) is 0 Å². The third-order valence-corrected chi connectivity index (χ3v) is 4.29. The van der Waals surface area contributed by atoms with Gasteiger partial charge in [0.05, 0.1) is 0 Å². The molecule has 0 radical (unpaired) electrons. The number of likely N-dealkylation sites (tertiary alicyclic amines) is 1. The van der Waals surface area contributed by atoms with E-state index in [0.29, 0.717) is 0 Å². The van der Waals surface area contributed by atoms with Gasteiger partial charge in [-0.3, -0.25) is 0 Å². The summed E-state index contributed by atoms with van der Waals surface area (Å²) in [6, 6.07) is 0.966. The zero-order chi connectivity index (χ0) is 9.26. The zero-order valence-corrected chi connectivity index (χ0v) is 9.13. The molecule has 1 saturated heterocycles. The highest BCUT2D eigenvalue weighted by Crippen LogP contribution is 2.39. The summed E-state index contributed by atoms with van der Waals surface area (Å²) >= 11 is 0. The molecule has 1 nitrogen and oxygen atoms in total. The summed E-state index contributed by atoms with van der Waals surface area (Å²) < 4.78 is 0. The largest absolute Gasteiger partial charge is 0.300 e. The summed E-state index contributed by atoms with van der Waals surface area (Å²) in [5, 5.41) is 0. The first kappa shape index (κ1) is 9.51. The fourth-order valence-electron chi connectivity index (χ4n) is 3.40. The van der Waals surface area contributed by atoms with Crippen LogP contribution >= 0.6 is 0 Å². The molecule has 2 rings (SSSR count). The molecule has 2 aliphatic rings. The average Bonchev–Trinajstić information content (AvgIpc) is 2.59. The first-order valence-electron chi connectivity index (χ1n) is 6.09. The molecule has 1 aliphatic heterocycles. The summed E-state index contributed by atoms with van der Waals surface area (Å²) in [6.07, 6.45) is 7.40. The minimum atomic E-state index is 0.966. The van der Waals surface area contributed by atoms with E-state index in [4.69, 9.17) is 0 Å². The van der Waals surface area contributed by atoms with Gasteiger partial charge in [-0.25, -0.2) is 0 Å². The third-order valence-electron chi connectivity index (χ3n) is 4.29. The lowest BCUT2D eigenvalue weighted by molar-refractivity contribution is 0.155. The minimum Gasteiger partial charge on any atom is -0.300 e. The molecule has 1 saturated carbocycles. The van der Waals surface area contributed by atoms with Gasteiger partial charge < -0.3 is 4.90 Å². The van der Waals surface area contributed by atoms with E-state index in [1.54, 1.807) is 0 Å². The van der Waals surface area contributed by atoms with Crippen molar-refractivity contribution in [1.29, 1.82) is 0 Å². The van der Waals surface area contributed by atoms with Crippen LogP contribution in [-0.2, 0) is 0 Å². The summed E-state index contributed by atoms with van der Waals surface area (Å²) in [4.78, 5) is 2.70. The number of hydrogen-bond donors (Lipinski definition) is 0. The van der Waals surface area contributed by atoms with Crippen molar-refractivity contribution in [2.75, 3.05) is 13.1 Å². The maximum Gasteiger partial charge on any atom is 0.0124 e. The first-order chi connectivity index (χ1) is 6.35. The Bertz CT molecular complexity index is 167. The summed E-state index contributed by atoms with van der Waals surface area (Å²) in [5.41, 5.74) is 0. The van der Waals surface area contributed by atoms with Crippen LogP contribution in [-0.4, -0.2) is 24.0 Å². The van der Waals surface area contributed by atoms with Crippen molar-refractivity contribution in [3.63, 3.8) is 0 Å². The SMILES string of the molecule is CCC1CCC2C(CCN2CC)C1. The second kappa shape index (κ2) is 4.00. The quantitative estimate of drug-likeness (QED) is 0.633. The Morgan fingerprint density at radius 2 is 2.00 bits per heavy atom. The number of rotatable bonds is 2. The van der Waals surface area contributed by atoms with Gasteiger partial charge in [0.1, 0.15) is 0 Å². The topological polar surface area (TPSA) is 3.24 Å². The second-order valence-electron chi connectivity index (χ2n) is 4.83. The van der Waals surface area contributed by atoms with E-state index in [2.05, 4.69) is 18.7 Å². The van der Waals surface area contributed by atoms with Crippen LogP contribution in [0.25, 0.3) is 0 Å². The predicted octanol–water partition coefficient (Wildman–Crippen LogP) is 2.91. The smallest absolute Gasteiger partial charge is 0.0124 e. The van der Waals surface area contributed by atoms with Gasteiger partial charge in [-0.15, -0.1) is 0 Å². The Morgan fingerprint density at radius 3 is 2.69 bits per heavy atom. The molecule has 0 bridgehead atoms. The first-order valence-corrected chi connectivity index (χ1v) is 6.09. The van der Waals surface area contributed by atoms with E-state index >= 15 is 0 Å². The van der Waals surface area contributed by atoms with Crippen molar-refractivity contribution in [1.82, 2.24) is 4.90 Å². The zero-order valence-electron chi connectivity index (χ0n) is 9.13. The third kappa shape index (κ3) is 1.76. The van der Waals surface area contributed by atoms with Crippen LogP contribution in [0.4, 0.5) is 0 Å². The Morgan fingerprint density at radius 1 is 1.15 bits per heavy atom. The highest BCUT2D eigenvalue weighted by atomic mass is 15.2. The predicted molar refractivity (Wildman–Crippen MR) is 56.8 cm³/mol. The van der Waals surface area contributed by atoms with Crippen molar-refractivity contribution in [2.45, 2.75) is 52.0 Å². The van der Waals surface area contributed by atoms with E-state index < -0.39 is 0 Å². The van der Waals surface area contributed by atoms with Gasteiger partial charge in [0, 0.05) is 6.04 Å². The van der Waals surface area contributed by atoms with Crippen molar-refractivity contribution in [3.05, 3.63) is 0 Å².